The Balaban J connectivity index is 1.50. The van der Waals surface area contributed by atoms with Crippen molar-refractivity contribution < 1.29 is 9.53 Å². The van der Waals surface area contributed by atoms with Crippen molar-refractivity contribution in [2.24, 2.45) is 0 Å². The number of hydrogen-bond donors (Lipinski definition) is 0. The molecule has 0 unspecified atom stereocenters. The summed E-state index contributed by atoms with van der Waals surface area (Å²) in [4.78, 5) is 17.8. The van der Waals surface area contributed by atoms with Crippen LogP contribution >= 0.6 is 0 Å². The lowest BCUT2D eigenvalue weighted by atomic mass is 10.1. The number of nitriles is 1. The molecule has 23 heavy (non-hydrogen) atoms. The highest BCUT2D eigenvalue weighted by Gasteiger charge is 2.31. The molecule has 3 rings (SSSR count). The molecule has 1 aromatic heterocycles. The number of ether oxygens (including phenoxy) is 1. The van der Waals surface area contributed by atoms with E-state index >= 15 is 0 Å². The molecule has 2 aromatic rings. The topological polar surface area (TPSA) is 66.2 Å². The van der Waals surface area contributed by atoms with Crippen molar-refractivity contribution in [3.8, 4) is 11.9 Å². The standard InChI is InChI=1S/C18H15N3O2/c19-11-15-8-9-20-17(10-15)23-16-12-21(13-16)18(22)7-6-14-4-2-1-3-5-14/h1-10,16H,12-13H2/b7-6+. The molecule has 1 aromatic carbocycles. The van der Waals surface area contributed by atoms with Crippen molar-refractivity contribution in [1.29, 1.82) is 5.26 Å². The van der Waals surface area contributed by atoms with Crippen molar-refractivity contribution in [2.75, 3.05) is 13.1 Å². The van der Waals surface area contributed by atoms with Gasteiger partial charge in [-0.25, -0.2) is 4.98 Å². The van der Waals surface area contributed by atoms with Gasteiger partial charge >= 0.3 is 0 Å². The zero-order valence-electron chi connectivity index (χ0n) is 12.4. The van der Waals surface area contributed by atoms with Crippen LogP contribution in [-0.2, 0) is 4.79 Å². The lowest BCUT2D eigenvalue weighted by Gasteiger charge is -2.38. The quantitative estimate of drug-likeness (QED) is 0.813. The Bertz CT molecular complexity index is 759. The van der Waals surface area contributed by atoms with E-state index in [2.05, 4.69) is 4.98 Å². The van der Waals surface area contributed by atoms with Gasteiger partial charge in [-0.1, -0.05) is 30.3 Å². The molecular formula is C18H15N3O2. The molecule has 5 nitrogen and oxygen atoms in total. The molecule has 0 bridgehead atoms. The number of pyridine rings is 1. The molecule has 1 fully saturated rings. The summed E-state index contributed by atoms with van der Waals surface area (Å²) < 4.78 is 5.66. The third kappa shape index (κ3) is 3.74. The van der Waals surface area contributed by atoms with Crippen molar-refractivity contribution in [1.82, 2.24) is 9.88 Å². The zero-order valence-corrected chi connectivity index (χ0v) is 12.4. The molecule has 2 heterocycles. The molecule has 1 aliphatic heterocycles. The molecule has 0 N–H and O–H groups in total. The fourth-order valence-electron chi connectivity index (χ4n) is 2.24. The maximum absolute atomic E-state index is 12.0. The van der Waals surface area contributed by atoms with Crippen LogP contribution in [0.2, 0.25) is 0 Å². The Morgan fingerprint density at radius 3 is 2.83 bits per heavy atom. The summed E-state index contributed by atoms with van der Waals surface area (Å²) in [6.45, 7) is 1.05. The molecule has 1 saturated heterocycles. The van der Waals surface area contributed by atoms with Crippen LogP contribution in [0.25, 0.3) is 6.08 Å². The van der Waals surface area contributed by atoms with Crippen LogP contribution in [0, 0.1) is 11.3 Å². The van der Waals surface area contributed by atoms with E-state index in [1.165, 1.54) is 6.20 Å². The van der Waals surface area contributed by atoms with Gasteiger partial charge in [-0.15, -0.1) is 0 Å². The first-order valence-corrected chi connectivity index (χ1v) is 7.29. The van der Waals surface area contributed by atoms with Crippen LogP contribution in [0.15, 0.2) is 54.7 Å². The first-order valence-electron chi connectivity index (χ1n) is 7.29. The maximum Gasteiger partial charge on any atom is 0.246 e. The van der Waals surface area contributed by atoms with E-state index in [0.717, 1.165) is 5.56 Å². The fourth-order valence-corrected chi connectivity index (χ4v) is 2.24. The van der Waals surface area contributed by atoms with Crippen LogP contribution in [-0.4, -0.2) is 35.0 Å². The molecule has 0 spiro atoms. The molecular weight excluding hydrogens is 290 g/mol. The van der Waals surface area contributed by atoms with E-state index in [1.54, 1.807) is 29.2 Å². The van der Waals surface area contributed by atoms with Crippen LogP contribution in [0.4, 0.5) is 0 Å². The summed E-state index contributed by atoms with van der Waals surface area (Å²) in [6.07, 6.45) is 4.83. The second-order valence-electron chi connectivity index (χ2n) is 5.22. The number of carbonyl (C=O) groups is 1. The Labute approximate surface area is 134 Å². The summed E-state index contributed by atoms with van der Waals surface area (Å²) in [5, 5.41) is 8.84. The van der Waals surface area contributed by atoms with Gasteiger partial charge in [0, 0.05) is 18.3 Å². The zero-order chi connectivity index (χ0) is 16.1. The lowest BCUT2D eigenvalue weighted by Crippen LogP contribution is -2.55. The SMILES string of the molecule is N#Cc1ccnc(OC2CN(C(=O)/C=C/c3ccccc3)C2)c1. The third-order valence-corrected chi connectivity index (χ3v) is 3.53. The normalized spacial score (nSPS) is 14.3. The summed E-state index contributed by atoms with van der Waals surface area (Å²) in [5.74, 6) is 0.383. The van der Waals surface area contributed by atoms with Gasteiger partial charge in [0.1, 0.15) is 6.10 Å². The summed E-state index contributed by atoms with van der Waals surface area (Å²) in [6, 6.07) is 14.9. The van der Waals surface area contributed by atoms with Gasteiger partial charge in [0.25, 0.3) is 0 Å². The van der Waals surface area contributed by atoms with E-state index < -0.39 is 0 Å². The fraction of sp³-hybridized carbons (Fsp3) is 0.167. The predicted octanol–water partition coefficient (Wildman–Crippen LogP) is 2.26. The van der Waals surface area contributed by atoms with Gasteiger partial charge in [0.15, 0.2) is 0 Å². The highest BCUT2D eigenvalue weighted by molar-refractivity contribution is 5.92. The van der Waals surface area contributed by atoms with E-state index in [1.807, 2.05) is 36.4 Å². The molecule has 0 atom stereocenters. The molecule has 114 valence electrons. The maximum atomic E-state index is 12.0. The molecule has 0 saturated carbocycles. The first kappa shape index (κ1) is 14.8. The number of nitrogens with zero attached hydrogens (tertiary/aromatic N) is 3. The van der Waals surface area contributed by atoms with Crippen molar-refractivity contribution >= 4 is 12.0 Å². The Morgan fingerprint density at radius 1 is 1.30 bits per heavy atom. The lowest BCUT2D eigenvalue weighted by molar-refractivity contribution is -0.134. The smallest absolute Gasteiger partial charge is 0.246 e. The summed E-state index contributed by atoms with van der Waals surface area (Å²) in [7, 11) is 0. The van der Waals surface area contributed by atoms with Crippen molar-refractivity contribution in [3.05, 3.63) is 65.9 Å². The van der Waals surface area contributed by atoms with Crippen LogP contribution in [0.1, 0.15) is 11.1 Å². The van der Waals surface area contributed by atoms with E-state index in [9.17, 15) is 4.79 Å². The molecule has 0 aliphatic carbocycles. The number of carbonyl (C=O) groups excluding carboxylic acids is 1. The number of benzene rings is 1. The van der Waals surface area contributed by atoms with Gasteiger partial charge in [0.05, 0.1) is 24.7 Å². The summed E-state index contributed by atoms with van der Waals surface area (Å²) >= 11 is 0. The van der Waals surface area contributed by atoms with Crippen molar-refractivity contribution in [2.45, 2.75) is 6.10 Å². The van der Waals surface area contributed by atoms with Crippen LogP contribution in [0.3, 0.4) is 0 Å². The number of aromatic nitrogens is 1. The number of rotatable bonds is 4. The molecule has 1 aliphatic rings. The highest BCUT2D eigenvalue weighted by Crippen LogP contribution is 2.17. The van der Waals surface area contributed by atoms with Crippen LogP contribution < -0.4 is 4.74 Å². The van der Waals surface area contributed by atoms with Gasteiger partial charge in [-0.2, -0.15) is 5.26 Å². The predicted molar refractivity (Wildman–Crippen MR) is 85.4 cm³/mol. The van der Waals surface area contributed by atoms with E-state index in [-0.39, 0.29) is 12.0 Å². The van der Waals surface area contributed by atoms with Crippen LogP contribution in [0.5, 0.6) is 5.88 Å². The largest absolute Gasteiger partial charge is 0.471 e. The Kier molecular flexibility index (Phi) is 4.34. The second-order valence-corrected chi connectivity index (χ2v) is 5.22. The molecule has 5 heteroatoms. The minimum Gasteiger partial charge on any atom is -0.471 e. The molecule has 1 amide bonds. The number of amides is 1. The number of hydrogen-bond acceptors (Lipinski definition) is 4. The summed E-state index contributed by atoms with van der Waals surface area (Å²) in [5.41, 5.74) is 1.50. The van der Waals surface area contributed by atoms with Gasteiger partial charge < -0.3 is 9.64 Å². The van der Waals surface area contributed by atoms with Crippen molar-refractivity contribution in [3.63, 3.8) is 0 Å². The highest BCUT2D eigenvalue weighted by atomic mass is 16.5. The van der Waals surface area contributed by atoms with Gasteiger partial charge in [-0.3, -0.25) is 4.79 Å². The second kappa shape index (κ2) is 6.75. The first-order chi connectivity index (χ1) is 11.2. The Hall–Kier alpha value is -3.13. The van der Waals surface area contributed by atoms with Gasteiger partial charge in [0.2, 0.25) is 11.8 Å². The molecule has 0 radical (unpaired) electrons. The minimum absolute atomic E-state index is 0.0348. The number of likely N-dealkylation sites (tertiary alicyclic amines) is 1. The van der Waals surface area contributed by atoms with E-state index in [4.69, 9.17) is 10.00 Å². The third-order valence-electron chi connectivity index (χ3n) is 3.53. The van der Waals surface area contributed by atoms with E-state index in [0.29, 0.717) is 24.5 Å². The van der Waals surface area contributed by atoms with Gasteiger partial charge in [-0.05, 0) is 17.7 Å². The average Bonchev–Trinajstić information content (AvgIpc) is 2.56. The minimum atomic E-state index is -0.0782. The monoisotopic (exact) mass is 305 g/mol. The Morgan fingerprint density at radius 2 is 2.09 bits per heavy atom. The average molecular weight is 305 g/mol.